The van der Waals surface area contributed by atoms with E-state index in [4.69, 9.17) is 0 Å². The molecular formula is C11H19N3O. The third-order valence-corrected chi connectivity index (χ3v) is 2.62. The maximum absolute atomic E-state index is 11.3. The number of nitrogens with one attached hydrogen (secondary N) is 1. The summed E-state index contributed by atoms with van der Waals surface area (Å²) in [7, 11) is 0. The van der Waals surface area contributed by atoms with E-state index in [-0.39, 0.29) is 11.2 Å². The molecule has 0 saturated carbocycles. The highest BCUT2D eigenvalue weighted by atomic mass is 16.1. The van der Waals surface area contributed by atoms with Crippen LogP contribution < -0.4 is 11.0 Å². The number of hydrogen-bond acceptors (Lipinski definition) is 3. The van der Waals surface area contributed by atoms with Gasteiger partial charge in [0.05, 0.1) is 0 Å². The first-order valence-corrected chi connectivity index (χ1v) is 5.31. The van der Waals surface area contributed by atoms with E-state index in [1.807, 2.05) is 0 Å². The van der Waals surface area contributed by atoms with Crippen molar-refractivity contribution in [2.45, 2.75) is 39.3 Å². The molecule has 1 aromatic rings. The second-order valence-corrected chi connectivity index (χ2v) is 4.26. The third-order valence-electron chi connectivity index (χ3n) is 2.62. The average molecular weight is 209 g/mol. The third kappa shape index (κ3) is 3.83. The van der Waals surface area contributed by atoms with Gasteiger partial charge in [-0.25, -0.2) is 9.78 Å². The molecule has 0 aromatic carbocycles. The van der Waals surface area contributed by atoms with Gasteiger partial charge in [-0.05, 0) is 26.3 Å². The number of hydrogen-bond donors (Lipinski definition) is 1. The summed E-state index contributed by atoms with van der Waals surface area (Å²) in [5.41, 5.74) is -0.0557. The lowest BCUT2D eigenvalue weighted by Crippen LogP contribution is -2.41. The zero-order valence-corrected chi connectivity index (χ0v) is 9.66. The van der Waals surface area contributed by atoms with Crippen LogP contribution in [0.3, 0.4) is 0 Å². The number of rotatable bonds is 5. The highest BCUT2D eigenvalue weighted by Gasteiger charge is 2.12. The smallest absolute Gasteiger partial charge is 0.310 e. The van der Waals surface area contributed by atoms with Crippen LogP contribution in [0.2, 0.25) is 0 Å². The Labute approximate surface area is 90.3 Å². The summed E-state index contributed by atoms with van der Waals surface area (Å²) in [5, 5.41) is 3.40. The van der Waals surface area contributed by atoms with Gasteiger partial charge in [-0.15, -0.1) is 0 Å². The van der Waals surface area contributed by atoms with Crippen LogP contribution >= 0.6 is 0 Å². The first-order chi connectivity index (χ1) is 7.05. The Kier molecular flexibility index (Phi) is 4.03. The molecule has 0 fully saturated rings. The molecule has 0 spiro atoms. The largest absolute Gasteiger partial charge is 0.347 e. The molecule has 1 aromatic heterocycles. The van der Waals surface area contributed by atoms with Crippen molar-refractivity contribution in [2.75, 3.05) is 6.54 Å². The highest BCUT2D eigenvalue weighted by Crippen LogP contribution is 2.05. The molecule has 0 atom stereocenters. The van der Waals surface area contributed by atoms with Crippen LogP contribution in [-0.2, 0) is 6.54 Å². The highest BCUT2D eigenvalue weighted by molar-refractivity contribution is 4.82. The van der Waals surface area contributed by atoms with Gasteiger partial charge in [0, 0.05) is 31.0 Å². The maximum Gasteiger partial charge on any atom is 0.347 e. The molecule has 1 rings (SSSR count). The van der Waals surface area contributed by atoms with Gasteiger partial charge < -0.3 is 5.32 Å². The molecule has 1 N–H and O–H groups in total. The topological polar surface area (TPSA) is 46.9 Å². The van der Waals surface area contributed by atoms with E-state index < -0.39 is 0 Å². The van der Waals surface area contributed by atoms with Crippen LogP contribution in [0.15, 0.2) is 23.3 Å². The van der Waals surface area contributed by atoms with Gasteiger partial charge in [-0.1, -0.05) is 6.92 Å². The Balaban J connectivity index is 2.45. The van der Waals surface area contributed by atoms with Crippen molar-refractivity contribution in [3.8, 4) is 0 Å². The monoisotopic (exact) mass is 209 g/mol. The maximum atomic E-state index is 11.3. The summed E-state index contributed by atoms with van der Waals surface area (Å²) >= 11 is 0. The van der Waals surface area contributed by atoms with E-state index in [9.17, 15) is 4.79 Å². The molecule has 0 radical (unpaired) electrons. The van der Waals surface area contributed by atoms with Gasteiger partial charge in [0.25, 0.3) is 0 Å². The minimum absolute atomic E-state index is 0.131. The van der Waals surface area contributed by atoms with Crippen molar-refractivity contribution >= 4 is 0 Å². The fraction of sp³-hybridized carbons (Fsp3) is 0.636. The molecule has 4 heteroatoms. The van der Waals surface area contributed by atoms with Crippen molar-refractivity contribution in [3.63, 3.8) is 0 Å². The molecule has 0 bridgehead atoms. The van der Waals surface area contributed by atoms with Crippen molar-refractivity contribution < 1.29 is 0 Å². The zero-order valence-electron chi connectivity index (χ0n) is 9.66. The molecule has 1 heterocycles. The van der Waals surface area contributed by atoms with E-state index in [0.29, 0.717) is 6.54 Å². The van der Waals surface area contributed by atoms with E-state index in [1.165, 1.54) is 6.20 Å². The minimum atomic E-state index is -0.186. The predicted molar refractivity (Wildman–Crippen MR) is 60.9 cm³/mol. The van der Waals surface area contributed by atoms with E-state index in [0.717, 1.165) is 13.0 Å². The second-order valence-electron chi connectivity index (χ2n) is 4.26. The van der Waals surface area contributed by atoms with Crippen LogP contribution in [-0.4, -0.2) is 21.6 Å². The van der Waals surface area contributed by atoms with E-state index in [2.05, 4.69) is 31.1 Å². The van der Waals surface area contributed by atoms with Crippen molar-refractivity contribution in [3.05, 3.63) is 28.9 Å². The van der Waals surface area contributed by atoms with Crippen LogP contribution in [0.5, 0.6) is 0 Å². The van der Waals surface area contributed by atoms with Crippen molar-refractivity contribution in [1.29, 1.82) is 0 Å². The molecule has 0 aliphatic rings. The molecule has 0 unspecified atom stereocenters. The lowest BCUT2D eigenvalue weighted by atomic mass is 10.0. The Morgan fingerprint density at radius 2 is 2.27 bits per heavy atom. The summed E-state index contributed by atoms with van der Waals surface area (Å²) in [6.07, 6.45) is 4.34. The first-order valence-electron chi connectivity index (χ1n) is 5.31. The van der Waals surface area contributed by atoms with Gasteiger partial charge >= 0.3 is 5.69 Å². The molecular weight excluding hydrogens is 190 g/mol. The molecule has 84 valence electrons. The normalized spacial score (nSPS) is 11.7. The lowest BCUT2D eigenvalue weighted by Gasteiger charge is -2.24. The minimum Gasteiger partial charge on any atom is -0.310 e. The predicted octanol–water partition coefficient (Wildman–Crippen LogP) is 1.02. The number of nitrogens with zero attached hydrogens (tertiary/aromatic N) is 2. The van der Waals surface area contributed by atoms with Crippen LogP contribution in [0.1, 0.15) is 27.2 Å². The molecule has 15 heavy (non-hydrogen) atoms. The van der Waals surface area contributed by atoms with Crippen LogP contribution in [0, 0.1) is 0 Å². The summed E-state index contributed by atoms with van der Waals surface area (Å²) in [5.74, 6) is 0. The molecule has 4 nitrogen and oxygen atoms in total. The Bertz CT molecular complexity index is 357. The van der Waals surface area contributed by atoms with Gasteiger partial charge in [0.2, 0.25) is 0 Å². The van der Waals surface area contributed by atoms with Crippen LogP contribution in [0.25, 0.3) is 0 Å². The van der Waals surface area contributed by atoms with Gasteiger partial charge in [-0.3, -0.25) is 4.57 Å². The van der Waals surface area contributed by atoms with E-state index in [1.54, 1.807) is 16.8 Å². The summed E-state index contributed by atoms with van der Waals surface area (Å²) in [6, 6.07) is 1.77. The van der Waals surface area contributed by atoms with Gasteiger partial charge in [-0.2, -0.15) is 0 Å². The fourth-order valence-corrected chi connectivity index (χ4v) is 1.20. The molecule has 0 aliphatic carbocycles. The Morgan fingerprint density at radius 3 is 2.87 bits per heavy atom. The quantitative estimate of drug-likeness (QED) is 0.787. The fourth-order valence-electron chi connectivity index (χ4n) is 1.20. The van der Waals surface area contributed by atoms with Crippen molar-refractivity contribution in [1.82, 2.24) is 14.9 Å². The zero-order chi connectivity index (χ0) is 11.3. The first kappa shape index (κ1) is 11.9. The summed E-state index contributed by atoms with van der Waals surface area (Å²) < 4.78 is 1.61. The molecule has 0 amide bonds. The molecule has 0 aliphatic heterocycles. The van der Waals surface area contributed by atoms with Crippen LogP contribution in [0.4, 0.5) is 0 Å². The Hall–Kier alpha value is -1.16. The second kappa shape index (κ2) is 5.07. The Morgan fingerprint density at radius 1 is 1.53 bits per heavy atom. The molecule has 0 saturated heterocycles. The SMILES string of the molecule is CCC(C)(C)NCCn1cccnc1=O. The van der Waals surface area contributed by atoms with Gasteiger partial charge in [0.1, 0.15) is 0 Å². The summed E-state index contributed by atoms with van der Waals surface area (Å²) in [6.45, 7) is 7.89. The van der Waals surface area contributed by atoms with E-state index >= 15 is 0 Å². The summed E-state index contributed by atoms with van der Waals surface area (Å²) in [4.78, 5) is 15.0. The number of aromatic nitrogens is 2. The van der Waals surface area contributed by atoms with Gasteiger partial charge in [0.15, 0.2) is 0 Å². The van der Waals surface area contributed by atoms with Crippen molar-refractivity contribution in [2.24, 2.45) is 0 Å². The standard InChI is InChI=1S/C11H19N3O/c1-4-11(2,3)13-7-9-14-8-5-6-12-10(14)15/h5-6,8,13H,4,7,9H2,1-3H3. The average Bonchev–Trinajstić information content (AvgIpc) is 2.21. The lowest BCUT2D eigenvalue weighted by molar-refractivity contribution is 0.366.